The summed E-state index contributed by atoms with van der Waals surface area (Å²) in [5.74, 6) is -0.974. The standard InChI is InChI=1S/C24H24F2N4O6/c1-12(27)20-17(10-28-21(31)15-3-2-4-16(29-15)23(32)33)30-22(36-20)14-7-8-18(35-24(25)26)19(9-14)34-11-13-5-6-13/h2-4,7-9,12-13,24H,5-6,10-11,27H2,1H3,(H,28,31)(H,32,33). The molecule has 1 saturated carbocycles. The smallest absolute Gasteiger partial charge is 0.387 e. The molecule has 1 amide bonds. The number of ether oxygens (including phenoxy) is 2. The Morgan fingerprint density at radius 3 is 2.61 bits per heavy atom. The summed E-state index contributed by atoms with van der Waals surface area (Å²) < 4.78 is 41.8. The van der Waals surface area contributed by atoms with Crippen LogP contribution in [0, 0.1) is 5.92 Å². The fraction of sp³-hybridized carbons (Fsp3) is 0.333. The van der Waals surface area contributed by atoms with Crippen LogP contribution in [0.2, 0.25) is 0 Å². The minimum atomic E-state index is -3.01. The molecule has 1 aliphatic rings. The van der Waals surface area contributed by atoms with Gasteiger partial charge < -0.3 is 30.0 Å². The van der Waals surface area contributed by atoms with Crippen molar-refractivity contribution < 1.29 is 37.4 Å². The first-order valence-corrected chi connectivity index (χ1v) is 11.2. The van der Waals surface area contributed by atoms with Crippen molar-refractivity contribution in [1.82, 2.24) is 15.3 Å². The van der Waals surface area contributed by atoms with Crippen LogP contribution in [-0.2, 0) is 6.54 Å². The van der Waals surface area contributed by atoms with Gasteiger partial charge in [0.2, 0.25) is 5.89 Å². The Morgan fingerprint density at radius 1 is 1.19 bits per heavy atom. The van der Waals surface area contributed by atoms with E-state index < -0.39 is 24.5 Å². The van der Waals surface area contributed by atoms with Crippen LogP contribution in [0.4, 0.5) is 8.78 Å². The maximum Gasteiger partial charge on any atom is 0.387 e. The normalized spacial score (nSPS) is 13.9. The molecule has 0 bridgehead atoms. The number of amides is 1. The minimum Gasteiger partial charge on any atom is -0.489 e. The average Bonchev–Trinajstić information content (AvgIpc) is 3.58. The molecule has 0 spiro atoms. The predicted molar refractivity (Wildman–Crippen MR) is 122 cm³/mol. The zero-order valence-corrected chi connectivity index (χ0v) is 19.2. The minimum absolute atomic E-state index is 0.0736. The van der Waals surface area contributed by atoms with Gasteiger partial charge in [0.15, 0.2) is 11.5 Å². The molecule has 1 fully saturated rings. The van der Waals surface area contributed by atoms with Crippen molar-refractivity contribution in [3.63, 3.8) is 0 Å². The van der Waals surface area contributed by atoms with Gasteiger partial charge in [-0.15, -0.1) is 0 Å². The van der Waals surface area contributed by atoms with Crippen LogP contribution in [0.15, 0.2) is 40.8 Å². The van der Waals surface area contributed by atoms with Gasteiger partial charge in [-0.25, -0.2) is 14.8 Å². The van der Waals surface area contributed by atoms with Crippen molar-refractivity contribution in [2.24, 2.45) is 11.7 Å². The van der Waals surface area contributed by atoms with Gasteiger partial charge in [0.25, 0.3) is 5.91 Å². The number of rotatable bonds is 11. The number of carboxylic acid groups (broad SMARTS) is 1. The van der Waals surface area contributed by atoms with E-state index in [0.29, 0.717) is 29.5 Å². The Kier molecular flexibility index (Phi) is 7.44. The number of hydrogen-bond donors (Lipinski definition) is 3. The van der Waals surface area contributed by atoms with E-state index in [1.165, 1.54) is 36.4 Å². The second-order valence-electron chi connectivity index (χ2n) is 8.31. The number of nitrogens with two attached hydrogens (primary N) is 1. The van der Waals surface area contributed by atoms with Crippen molar-refractivity contribution in [1.29, 1.82) is 0 Å². The Balaban J connectivity index is 1.55. The van der Waals surface area contributed by atoms with Crippen molar-refractivity contribution in [3.05, 3.63) is 59.2 Å². The molecule has 1 unspecified atom stereocenters. The summed E-state index contributed by atoms with van der Waals surface area (Å²) in [7, 11) is 0. The molecule has 4 rings (SSSR count). The summed E-state index contributed by atoms with van der Waals surface area (Å²) in [4.78, 5) is 31.8. The van der Waals surface area contributed by atoms with Gasteiger partial charge in [-0.1, -0.05) is 6.07 Å². The summed E-state index contributed by atoms with van der Waals surface area (Å²) in [6.07, 6.45) is 2.04. The molecule has 10 nitrogen and oxygen atoms in total. The zero-order valence-electron chi connectivity index (χ0n) is 19.2. The second-order valence-corrected chi connectivity index (χ2v) is 8.31. The molecule has 3 aromatic rings. The third kappa shape index (κ3) is 6.13. The Bertz CT molecular complexity index is 1260. The van der Waals surface area contributed by atoms with Gasteiger partial charge in [0, 0.05) is 5.56 Å². The van der Waals surface area contributed by atoms with Crippen LogP contribution in [-0.4, -0.2) is 40.2 Å². The summed E-state index contributed by atoms with van der Waals surface area (Å²) in [5, 5.41) is 11.7. The van der Waals surface area contributed by atoms with Crippen LogP contribution in [0.5, 0.6) is 11.5 Å². The molecule has 2 aromatic heterocycles. The average molecular weight is 502 g/mol. The van der Waals surface area contributed by atoms with E-state index in [4.69, 9.17) is 20.0 Å². The number of nitrogens with one attached hydrogen (secondary N) is 1. The third-order valence-corrected chi connectivity index (χ3v) is 5.34. The number of pyridine rings is 1. The van der Waals surface area contributed by atoms with Crippen LogP contribution in [0.1, 0.15) is 58.2 Å². The van der Waals surface area contributed by atoms with E-state index in [9.17, 15) is 18.4 Å². The topological polar surface area (TPSA) is 150 Å². The Morgan fingerprint density at radius 2 is 1.94 bits per heavy atom. The number of halogens is 2. The number of oxazole rings is 1. The molecule has 1 aliphatic carbocycles. The van der Waals surface area contributed by atoms with Gasteiger partial charge in [0.1, 0.15) is 22.8 Å². The van der Waals surface area contributed by atoms with Gasteiger partial charge in [-0.3, -0.25) is 4.79 Å². The first kappa shape index (κ1) is 25.0. The largest absolute Gasteiger partial charge is 0.489 e. The van der Waals surface area contributed by atoms with Crippen LogP contribution < -0.4 is 20.5 Å². The van der Waals surface area contributed by atoms with Gasteiger partial charge in [-0.2, -0.15) is 8.78 Å². The molecule has 1 atom stereocenters. The fourth-order valence-corrected chi connectivity index (χ4v) is 3.34. The monoisotopic (exact) mass is 502 g/mol. The first-order chi connectivity index (χ1) is 17.2. The van der Waals surface area contributed by atoms with Crippen LogP contribution in [0.25, 0.3) is 11.5 Å². The summed E-state index contributed by atoms with van der Waals surface area (Å²) in [5.41, 5.74) is 6.47. The number of aromatic nitrogens is 2. The number of carbonyl (C=O) groups is 2. The molecule has 1 aromatic carbocycles. The van der Waals surface area contributed by atoms with Crippen LogP contribution in [0.3, 0.4) is 0 Å². The number of alkyl halides is 2. The van der Waals surface area contributed by atoms with Gasteiger partial charge >= 0.3 is 12.6 Å². The summed E-state index contributed by atoms with van der Waals surface area (Å²) in [6, 6.07) is 7.85. The third-order valence-electron chi connectivity index (χ3n) is 5.34. The number of hydrogen-bond acceptors (Lipinski definition) is 8. The van der Waals surface area contributed by atoms with E-state index in [-0.39, 0.29) is 35.3 Å². The maximum absolute atomic E-state index is 12.8. The lowest BCUT2D eigenvalue weighted by molar-refractivity contribution is -0.0515. The molecule has 0 radical (unpaired) electrons. The highest BCUT2D eigenvalue weighted by molar-refractivity contribution is 5.94. The lowest BCUT2D eigenvalue weighted by Gasteiger charge is -2.12. The van der Waals surface area contributed by atoms with E-state index in [1.807, 2.05) is 0 Å². The van der Waals surface area contributed by atoms with E-state index >= 15 is 0 Å². The predicted octanol–water partition coefficient (Wildman–Crippen LogP) is 3.77. The molecule has 0 aliphatic heterocycles. The quantitative estimate of drug-likeness (QED) is 0.356. The lowest BCUT2D eigenvalue weighted by Crippen LogP contribution is -2.25. The number of carboxylic acids is 1. The summed E-state index contributed by atoms with van der Waals surface area (Å²) >= 11 is 0. The molecule has 12 heteroatoms. The molecule has 190 valence electrons. The first-order valence-electron chi connectivity index (χ1n) is 11.2. The van der Waals surface area contributed by atoms with Crippen molar-refractivity contribution in [2.75, 3.05) is 6.61 Å². The van der Waals surface area contributed by atoms with Crippen molar-refractivity contribution in [2.45, 2.75) is 39.0 Å². The highest BCUT2D eigenvalue weighted by atomic mass is 19.3. The Hall–Kier alpha value is -4.06. The summed E-state index contributed by atoms with van der Waals surface area (Å²) in [6.45, 7) is -1.02. The van der Waals surface area contributed by atoms with E-state index in [0.717, 1.165) is 12.8 Å². The zero-order chi connectivity index (χ0) is 25.8. The van der Waals surface area contributed by atoms with Gasteiger partial charge in [0.05, 0.1) is 19.2 Å². The number of carbonyl (C=O) groups excluding carboxylic acids is 1. The highest BCUT2D eigenvalue weighted by Gasteiger charge is 2.24. The van der Waals surface area contributed by atoms with Crippen molar-refractivity contribution in [3.8, 4) is 23.0 Å². The SMILES string of the molecule is CC(N)c1oc(-c2ccc(OC(F)F)c(OCC3CC3)c2)nc1CNC(=O)c1cccc(C(=O)O)n1. The number of aromatic carboxylic acids is 1. The van der Waals surface area contributed by atoms with Crippen molar-refractivity contribution >= 4 is 11.9 Å². The fourth-order valence-electron chi connectivity index (χ4n) is 3.34. The van der Waals surface area contributed by atoms with Gasteiger partial charge in [-0.05, 0) is 56.0 Å². The molecule has 2 heterocycles. The molecule has 0 saturated heterocycles. The molecule has 4 N–H and O–H groups in total. The van der Waals surface area contributed by atoms with Crippen LogP contribution >= 0.6 is 0 Å². The maximum atomic E-state index is 12.8. The molecule has 36 heavy (non-hydrogen) atoms. The number of nitrogens with zero attached hydrogens (tertiary/aromatic N) is 2. The van der Waals surface area contributed by atoms with E-state index in [2.05, 4.69) is 20.0 Å². The highest BCUT2D eigenvalue weighted by Crippen LogP contribution is 2.37. The lowest BCUT2D eigenvalue weighted by atomic mass is 10.2. The molecular formula is C24H24F2N4O6. The second kappa shape index (κ2) is 10.7. The van der Waals surface area contributed by atoms with E-state index in [1.54, 1.807) is 6.92 Å². The molecular weight excluding hydrogens is 478 g/mol. The number of benzene rings is 1. The Labute approximate surface area is 204 Å².